The van der Waals surface area contributed by atoms with Crippen molar-refractivity contribution in [3.63, 3.8) is 0 Å². The number of nitrogens with zero attached hydrogens (tertiary/aromatic N) is 2. The number of hydroxylamine groups is 2. The van der Waals surface area contributed by atoms with E-state index in [0.717, 1.165) is 11.6 Å². The molecule has 42 heavy (non-hydrogen) atoms. The summed E-state index contributed by atoms with van der Waals surface area (Å²) in [4.78, 5) is 31.8. The molecule has 1 saturated heterocycles. The van der Waals surface area contributed by atoms with Crippen molar-refractivity contribution in [3.05, 3.63) is 53.1 Å². The molecule has 1 heterocycles. The lowest BCUT2D eigenvalue weighted by molar-refractivity contribution is -0.235. The van der Waals surface area contributed by atoms with Crippen molar-refractivity contribution in [1.29, 1.82) is 0 Å². The summed E-state index contributed by atoms with van der Waals surface area (Å²) in [7, 11) is 4.87. The van der Waals surface area contributed by atoms with Gasteiger partial charge < -0.3 is 24.5 Å². The van der Waals surface area contributed by atoms with Crippen LogP contribution in [0.3, 0.4) is 0 Å². The van der Waals surface area contributed by atoms with Crippen LogP contribution < -0.4 is 14.8 Å². The standard InChI is InChI=1S/C28H31F6N3O5/c1-16-11-18(27(29,30)31)13-19(12-16)35-25(39)37(42-24(38)28(32,33)34)20-7-8-26(9-10-36(2)23(26)15-20)17-5-6-21(40-3)22(14-17)41-4/h5-6,11-14,20,23H,7-10,15H2,1-4H3,(H,35,39)/t20-,23+,26+/m1/s1. The highest BCUT2D eigenvalue weighted by atomic mass is 19.4. The monoisotopic (exact) mass is 603 g/mol. The van der Waals surface area contributed by atoms with Gasteiger partial charge in [0.1, 0.15) is 0 Å². The lowest BCUT2D eigenvalue weighted by Gasteiger charge is -2.46. The predicted molar refractivity (Wildman–Crippen MR) is 139 cm³/mol. The van der Waals surface area contributed by atoms with Crippen molar-refractivity contribution < 1.29 is 50.2 Å². The molecule has 3 atom stereocenters. The van der Waals surface area contributed by atoms with Gasteiger partial charge in [-0.2, -0.15) is 26.3 Å². The first-order chi connectivity index (χ1) is 19.6. The number of ether oxygens (including phenoxy) is 2. The molecule has 14 heteroatoms. The second-order valence-electron chi connectivity index (χ2n) is 10.6. The number of carbonyl (C=O) groups excluding carboxylic acids is 2. The van der Waals surface area contributed by atoms with Gasteiger partial charge in [0.05, 0.1) is 25.8 Å². The van der Waals surface area contributed by atoms with Crippen LogP contribution in [0.2, 0.25) is 0 Å². The van der Waals surface area contributed by atoms with Crippen LogP contribution in [-0.4, -0.2) is 68.0 Å². The van der Waals surface area contributed by atoms with Crippen LogP contribution in [0.15, 0.2) is 36.4 Å². The van der Waals surface area contributed by atoms with Crippen LogP contribution in [0.4, 0.5) is 36.8 Å². The van der Waals surface area contributed by atoms with Gasteiger partial charge >= 0.3 is 24.4 Å². The summed E-state index contributed by atoms with van der Waals surface area (Å²) in [6, 6.07) is 5.71. The summed E-state index contributed by atoms with van der Waals surface area (Å²) in [6.45, 7) is 2.03. The van der Waals surface area contributed by atoms with E-state index < -0.39 is 41.4 Å². The maximum atomic E-state index is 13.3. The Labute approximate surface area is 238 Å². The van der Waals surface area contributed by atoms with Crippen molar-refractivity contribution >= 4 is 17.7 Å². The number of methoxy groups -OCH3 is 2. The van der Waals surface area contributed by atoms with Crippen LogP contribution in [0, 0.1) is 6.92 Å². The van der Waals surface area contributed by atoms with Crippen molar-refractivity contribution in [2.45, 2.75) is 62.5 Å². The van der Waals surface area contributed by atoms with Gasteiger partial charge in [-0.05, 0) is 87.7 Å². The van der Waals surface area contributed by atoms with E-state index in [1.807, 2.05) is 24.1 Å². The molecule has 0 unspecified atom stereocenters. The minimum atomic E-state index is -5.41. The minimum absolute atomic E-state index is 0.130. The second kappa shape index (κ2) is 11.5. The SMILES string of the molecule is COc1ccc([C@@]23CC[C@@H](N(OC(=O)C(F)(F)F)C(=O)Nc4cc(C)cc(C(F)(F)F)c4)C[C@@H]2N(C)CC3)cc1OC. The highest BCUT2D eigenvalue weighted by molar-refractivity contribution is 5.90. The van der Waals surface area contributed by atoms with Crippen molar-refractivity contribution in [2.75, 3.05) is 33.1 Å². The van der Waals surface area contributed by atoms with E-state index in [-0.39, 0.29) is 30.1 Å². The zero-order valence-corrected chi connectivity index (χ0v) is 23.4. The van der Waals surface area contributed by atoms with Crippen LogP contribution in [-0.2, 0) is 21.2 Å². The fourth-order valence-corrected chi connectivity index (χ4v) is 6.08. The van der Waals surface area contributed by atoms with Gasteiger partial charge in [0.15, 0.2) is 11.5 Å². The smallest absolute Gasteiger partial charge is 0.493 e. The summed E-state index contributed by atoms with van der Waals surface area (Å²) in [6.07, 6.45) is -8.72. The van der Waals surface area contributed by atoms with Crippen molar-refractivity contribution in [2.24, 2.45) is 0 Å². The number of urea groups is 1. The highest BCUT2D eigenvalue weighted by Crippen LogP contribution is 2.50. The third-order valence-corrected chi connectivity index (χ3v) is 8.06. The molecule has 2 fully saturated rings. The number of fused-ring (bicyclic) bond motifs is 1. The molecule has 2 aromatic carbocycles. The number of amides is 2. The largest absolute Gasteiger partial charge is 0.493 e. The Kier molecular flexibility index (Phi) is 8.59. The molecule has 1 aliphatic carbocycles. The summed E-state index contributed by atoms with van der Waals surface area (Å²) in [5.74, 6) is -1.58. The van der Waals surface area contributed by atoms with E-state index >= 15 is 0 Å². The normalized spacial score (nSPS) is 22.7. The maximum Gasteiger partial charge on any atom is 0.493 e. The van der Waals surface area contributed by atoms with Gasteiger partial charge in [-0.3, -0.25) is 0 Å². The van der Waals surface area contributed by atoms with Crippen LogP contribution in [0.1, 0.15) is 42.4 Å². The van der Waals surface area contributed by atoms with Gasteiger partial charge in [-0.15, -0.1) is 5.06 Å². The van der Waals surface area contributed by atoms with Gasteiger partial charge in [0, 0.05) is 17.1 Å². The molecule has 0 radical (unpaired) electrons. The van der Waals surface area contributed by atoms with E-state index in [2.05, 4.69) is 10.2 Å². The second-order valence-corrected chi connectivity index (χ2v) is 10.6. The van der Waals surface area contributed by atoms with Gasteiger partial charge in [0.25, 0.3) is 0 Å². The quantitative estimate of drug-likeness (QED) is 0.330. The number of nitrogens with one attached hydrogen (secondary N) is 1. The lowest BCUT2D eigenvalue weighted by atomic mass is 9.65. The van der Waals surface area contributed by atoms with E-state index in [4.69, 9.17) is 9.47 Å². The molecule has 8 nitrogen and oxygen atoms in total. The Morgan fingerprint density at radius 1 is 1.00 bits per heavy atom. The third kappa shape index (κ3) is 6.22. The molecule has 230 valence electrons. The molecule has 2 amide bonds. The summed E-state index contributed by atoms with van der Waals surface area (Å²) in [5.41, 5.74) is -0.728. The first-order valence-electron chi connectivity index (χ1n) is 13.1. The topological polar surface area (TPSA) is 80.3 Å². The zero-order valence-electron chi connectivity index (χ0n) is 23.4. The molecular weight excluding hydrogens is 572 g/mol. The molecule has 1 N–H and O–H groups in total. The molecule has 0 bridgehead atoms. The predicted octanol–water partition coefficient (Wildman–Crippen LogP) is 6.08. The third-order valence-electron chi connectivity index (χ3n) is 8.06. The van der Waals surface area contributed by atoms with E-state index in [9.17, 15) is 35.9 Å². The number of carbonyl (C=O) groups is 2. The number of alkyl halides is 6. The maximum absolute atomic E-state index is 13.3. The van der Waals surface area contributed by atoms with Crippen molar-refractivity contribution in [1.82, 2.24) is 9.96 Å². The Bertz CT molecular complexity index is 1330. The lowest BCUT2D eigenvalue weighted by Crippen LogP contribution is -2.54. The highest BCUT2D eigenvalue weighted by Gasteiger charge is 2.53. The fraction of sp³-hybridized carbons (Fsp3) is 0.500. The van der Waals surface area contributed by atoms with E-state index in [1.54, 1.807) is 6.07 Å². The van der Waals surface area contributed by atoms with Gasteiger partial charge in [-0.25, -0.2) is 9.59 Å². The van der Waals surface area contributed by atoms with Gasteiger partial charge in [0.2, 0.25) is 0 Å². The Balaban J connectivity index is 1.65. The average Bonchev–Trinajstić information content (AvgIpc) is 3.26. The van der Waals surface area contributed by atoms with Crippen LogP contribution in [0.25, 0.3) is 0 Å². The minimum Gasteiger partial charge on any atom is -0.493 e. The molecule has 0 aromatic heterocycles. The number of hydrogen-bond donors (Lipinski definition) is 1. The molecule has 4 rings (SSSR count). The van der Waals surface area contributed by atoms with Crippen LogP contribution >= 0.6 is 0 Å². The summed E-state index contributed by atoms with van der Waals surface area (Å²) >= 11 is 0. The molecule has 2 aromatic rings. The molecular formula is C28H31F6N3O5. The van der Waals surface area contributed by atoms with Crippen LogP contribution in [0.5, 0.6) is 11.5 Å². The molecule has 2 aliphatic rings. The number of rotatable bonds is 5. The number of likely N-dealkylation sites (N-methyl/N-ethyl adjacent to an activating group) is 1. The summed E-state index contributed by atoms with van der Waals surface area (Å²) < 4.78 is 90.4. The average molecular weight is 604 g/mol. The first kappa shape index (κ1) is 31.3. The Hall–Kier alpha value is -3.68. The summed E-state index contributed by atoms with van der Waals surface area (Å²) in [5, 5.41) is 2.50. The zero-order chi connectivity index (χ0) is 31.0. The number of likely N-dealkylation sites (tertiary alicyclic amines) is 1. The first-order valence-corrected chi connectivity index (χ1v) is 13.1. The number of anilines is 1. The number of benzene rings is 2. The number of hydrogen-bond acceptors (Lipinski definition) is 6. The van der Waals surface area contributed by atoms with Gasteiger partial charge in [-0.1, -0.05) is 6.07 Å². The number of aryl methyl sites for hydroxylation is 1. The van der Waals surface area contributed by atoms with Crippen molar-refractivity contribution in [3.8, 4) is 11.5 Å². The molecule has 0 spiro atoms. The Morgan fingerprint density at radius 3 is 2.31 bits per heavy atom. The Morgan fingerprint density at radius 2 is 1.69 bits per heavy atom. The van der Waals surface area contributed by atoms with E-state index in [1.165, 1.54) is 27.2 Å². The van der Waals surface area contributed by atoms with E-state index in [0.29, 0.717) is 42.0 Å². The fourth-order valence-electron chi connectivity index (χ4n) is 6.08. The molecule has 1 saturated carbocycles. The molecule has 1 aliphatic heterocycles. The number of halogens is 6.